The van der Waals surface area contributed by atoms with Gasteiger partial charge in [0.15, 0.2) is 0 Å². The summed E-state index contributed by atoms with van der Waals surface area (Å²) >= 11 is 0. The summed E-state index contributed by atoms with van der Waals surface area (Å²) in [6.45, 7) is 0.935. The van der Waals surface area contributed by atoms with E-state index in [0.717, 1.165) is 25.0 Å². The molecule has 3 rings (SSSR count). The van der Waals surface area contributed by atoms with Crippen LogP contribution in [0.25, 0.3) is 0 Å². The second-order valence-corrected chi connectivity index (χ2v) is 8.07. The average molecular weight is 398 g/mol. The van der Waals surface area contributed by atoms with E-state index in [-0.39, 0.29) is 10.6 Å². The highest BCUT2D eigenvalue weighted by molar-refractivity contribution is 7.89. The molecule has 2 aromatic carbocycles. The summed E-state index contributed by atoms with van der Waals surface area (Å²) < 4.78 is 65.4. The number of amides is 1. The van der Waals surface area contributed by atoms with Crippen molar-refractivity contribution in [3.8, 4) is 0 Å². The molecule has 1 aliphatic rings. The molecular formula is C18H17F3N2O3S. The zero-order valence-electron chi connectivity index (χ0n) is 14.2. The van der Waals surface area contributed by atoms with Crippen molar-refractivity contribution >= 4 is 21.6 Å². The number of hydrogen-bond acceptors (Lipinski definition) is 3. The molecule has 0 spiro atoms. The lowest BCUT2D eigenvalue weighted by molar-refractivity contribution is -0.137. The van der Waals surface area contributed by atoms with Crippen LogP contribution >= 0.6 is 0 Å². The Kier molecular flexibility index (Phi) is 5.25. The normalized spacial score (nSPS) is 15.7. The molecule has 9 heteroatoms. The molecule has 1 amide bonds. The Morgan fingerprint density at radius 1 is 0.963 bits per heavy atom. The molecule has 1 aliphatic heterocycles. The minimum absolute atomic E-state index is 0.0816. The molecule has 0 bridgehead atoms. The standard InChI is InChI=1S/C18H17F3N2O3S/c19-18(20,21)16-6-2-1-5-15(16)17(24)22-13-7-9-14(10-8-13)27(25,26)23-11-3-4-12-23/h1-2,5-10H,3-4,11-12H2,(H,22,24). The van der Waals surface area contributed by atoms with Crippen LogP contribution in [0.3, 0.4) is 0 Å². The maximum absolute atomic E-state index is 13.0. The van der Waals surface area contributed by atoms with E-state index in [9.17, 15) is 26.4 Å². The molecule has 0 unspecified atom stereocenters. The highest BCUT2D eigenvalue weighted by Gasteiger charge is 2.35. The summed E-state index contributed by atoms with van der Waals surface area (Å²) in [7, 11) is -3.59. The van der Waals surface area contributed by atoms with Crippen molar-refractivity contribution < 1.29 is 26.4 Å². The van der Waals surface area contributed by atoms with Gasteiger partial charge in [0.25, 0.3) is 5.91 Å². The lowest BCUT2D eigenvalue weighted by atomic mass is 10.1. The first kappa shape index (κ1) is 19.4. The van der Waals surface area contributed by atoms with Crippen molar-refractivity contribution in [2.45, 2.75) is 23.9 Å². The van der Waals surface area contributed by atoms with Gasteiger partial charge in [0, 0.05) is 18.8 Å². The average Bonchev–Trinajstić information content (AvgIpc) is 3.17. The van der Waals surface area contributed by atoms with Gasteiger partial charge in [-0.1, -0.05) is 12.1 Å². The van der Waals surface area contributed by atoms with E-state index >= 15 is 0 Å². The summed E-state index contributed by atoms with van der Waals surface area (Å²) in [5, 5.41) is 2.37. The minimum atomic E-state index is -4.65. The number of benzene rings is 2. The van der Waals surface area contributed by atoms with Crippen molar-refractivity contribution in [3.63, 3.8) is 0 Å². The first-order valence-corrected chi connectivity index (χ1v) is 9.71. The van der Waals surface area contributed by atoms with Gasteiger partial charge in [0.1, 0.15) is 0 Å². The van der Waals surface area contributed by atoms with Crippen LogP contribution < -0.4 is 5.32 Å². The zero-order valence-corrected chi connectivity index (χ0v) is 15.0. The summed E-state index contributed by atoms with van der Waals surface area (Å²) in [5.74, 6) is -0.918. The number of rotatable bonds is 4. The third-order valence-electron chi connectivity index (χ3n) is 4.29. The van der Waals surface area contributed by atoms with Crippen LogP contribution in [-0.2, 0) is 16.2 Å². The number of anilines is 1. The molecule has 0 atom stereocenters. The van der Waals surface area contributed by atoms with Gasteiger partial charge in [0.05, 0.1) is 16.0 Å². The largest absolute Gasteiger partial charge is 0.417 e. The van der Waals surface area contributed by atoms with Crippen LogP contribution in [0.4, 0.5) is 18.9 Å². The number of nitrogens with one attached hydrogen (secondary N) is 1. The fourth-order valence-electron chi connectivity index (χ4n) is 2.91. The maximum atomic E-state index is 13.0. The Morgan fingerprint density at radius 2 is 1.56 bits per heavy atom. The highest BCUT2D eigenvalue weighted by Crippen LogP contribution is 2.32. The van der Waals surface area contributed by atoms with Gasteiger partial charge in [-0.3, -0.25) is 4.79 Å². The van der Waals surface area contributed by atoms with Gasteiger partial charge in [-0.15, -0.1) is 0 Å². The Labute approximate surface area is 154 Å². The van der Waals surface area contributed by atoms with Crippen molar-refractivity contribution in [2.24, 2.45) is 0 Å². The lowest BCUT2D eigenvalue weighted by Crippen LogP contribution is -2.27. The smallest absolute Gasteiger partial charge is 0.322 e. The maximum Gasteiger partial charge on any atom is 0.417 e. The third-order valence-corrected chi connectivity index (χ3v) is 6.20. The lowest BCUT2D eigenvalue weighted by Gasteiger charge is -2.16. The molecular weight excluding hydrogens is 381 g/mol. The van der Waals surface area contributed by atoms with Crippen molar-refractivity contribution in [3.05, 3.63) is 59.7 Å². The summed E-state index contributed by atoms with van der Waals surface area (Å²) in [4.78, 5) is 12.3. The van der Waals surface area contributed by atoms with E-state index in [0.29, 0.717) is 13.1 Å². The van der Waals surface area contributed by atoms with E-state index < -0.39 is 33.2 Å². The van der Waals surface area contributed by atoms with E-state index in [4.69, 9.17) is 0 Å². The number of hydrogen-bond donors (Lipinski definition) is 1. The van der Waals surface area contributed by atoms with Crippen LogP contribution in [0.15, 0.2) is 53.4 Å². The van der Waals surface area contributed by atoms with Gasteiger partial charge in [-0.05, 0) is 49.2 Å². The van der Waals surface area contributed by atoms with Gasteiger partial charge in [-0.2, -0.15) is 17.5 Å². The third kappa shape index (κ3) is 4.14. The predicted octanol–water partition coefficient (Wildman–Crippen LogP) is 3.74. The highest BCUT2D eigenvalue weighted by atomic mass is 32.2. The van der Waals surface area contributed by atoms with Gasteiger partial charge in [0.2, 0.25) is 10.0 Å². The van der Waals surface area contributed by atoms with Crippen molar-refractivity contribution in [1.82, 2.24) is 4.31 Å². The number of nitrogens with zero attached hydrogens (tertiary/aromatic N) is 1. The van der Waals surface area contributed by atoms with Gasteiger partial charge < -0.3 is 5.32 Å². The SMILES string of the molecule is O=C(Nc1ccc(S(=O)(=O)N2CCCC2)cc1)c1ccccc1C(F)(F)F. The zero-order chi connectivity index (χ0) is 19.7. The quantitative estimate of drug-likeness (QED) is 0.853. The van der Waals surface area contributed by atoms with Crippen LogP contribution in [-0.4, -0.2) is 31.7 Å². The summed E-state index contributed by atoms with van der Waals surface area (Å²) in [6, 6.07) is 9.85. The molecule has 0 aliphatic carbocycles. The van der Waals surface area contributed by atoms with Crippen LogP contribution in [0, 0.1) is 0 Å². The number of carbonyl (C=O) groups excluding carboxylic acids is 1. The van der Waals surface area contributed by atoms with Crippen molar-refractivity contribution in [2.75, 3.05) is 18.4 Å². The molecule has 1 N–H and O–H groups in total. The monoisotopic (exact) mass is 398 g/mol. The molecule has 1 fully saturated rings. The molecule has 27 heavy (non-hydrogen) atoms. The Morgan fingerprint density at radius 3 is 2.15 bits per heavy atom. The molecule has 0 radical (unpaired) electrons. The number of halogens is 3. The second-order valence-electron chi connectivity index (χ2n) is 6.13. The van der Waals surface area contributed by atoms with E-state index in [2.05, 4.69) is 5.32 Å². The Balaban J connectivity index is 1.79. The topological polar surface area (TPSA) is 66.5 Å². The van der Waals surface area contributed by atoms with Crippen LogP contribution in [0.1, 0.15) is 28.8 Å². The summed E-state index contributed by atoms with van der Waals surface area (Å²) in [6.07, 6.45) is -3.03. The first-order chi connectivity index (χ1) is 12.7. The second kappa shape index (κ2) is 7.32. The predicted molar refractivity (Wildman–Crippen MR) is 93.8 cm³/mol. The van der Waals surface area contributed by atoms with E-state index in [1.807, 2.05) is 0 Å². The van der Waals surface area contributed by atoms with E-state index in [1.165, 1.54) is 40.7 Å². The number of sulfonamides is 1. The van der Waals surface area contributed by atoms with E-state index in [1.54, 1.807) is 0 Å². The molecule has 1 saturated heterocycles. The number of alkyl halides is 3. The fourth-order valence-corrected chi connectivity index (χ4v) is 4.43. The van der Waals surface area contributed by atoms with Crippen LogP contribution in [0.5, 0.6) is 0 Å². The van der Waals surface area contributed by atoms with Crippen LogP contribution in [0.2, 0.25) is 0 Å². The Hall–Kier alpha value is -2.39. The molecule has 2 aromatic rings. The first-order valence-electron chi connectivity index (χ1n) is 8.27. The molecule has 0 aromatic heterocycles. The molecule has 5 nitrogen and oxygen atoms in total. The fraction of sp³-hybridized carbons (Fsp3) is 0.278. The van der Waals surface area contributed by atoms with Gasteiger partial charge >= 0.3 is 6.18 Å². The van der Waals surface area contributed by atoms with Gasteiger partial charge in [-0.25, -0.2) is 8.42 Å². The van der Waals surface area contributed by atoms with Crippen molar-refractivity contribution in [1.29, 1.82) is 0 Å². The minimum Gasteiger partial charge on any atom is -0.322 e. The molecule has 0 saturated carbocycles. The molecule has 1 heterocycles. The summed E-state index contributed by atoms with van der Waals surface area (Å²) in [5.41, 5.74) is -1.33. The Bertz CT molecular complexity index is 935. The molecule has 144 valence electrons. The number of carbonyl (C=O) groups is 1.